The van der Waals surface area contributed by atoms with Gasteiger partial charge in [-0.2, -0.15) is 0 Å². The molecule has 0 aromatic heterocycles. The predicted molar refractivity (Wildman–Crippen MR) is 113 cm³/mol. The van der Waals surface area contributed by atoms with Crippen LogP contribution in [-0.2, 0) is 9.59 Å². The van der Waals surface area contributed by atoms with Crippen molar-refractivity contribution in [1.29, 1.82) is 0 Å². The minimum Gasteiger partial charge on any atom is -0.493 e. The Bertz CT molecular complexity index is 1000. The van der Waals surface area contributed by atoms with Crippen molar-refractivity contribution in [3.8, 4) is 17.2 Å². The third-order valence-electron chi connectivity index (χ3n) is 4.50. The van der Waals surface area contributed by atoms with E-state index in [-0.39, 0.29) is 10.7 Å². The van der Waals surface area contributed by atoms with Gasteiger partial charge < -0.3 is 14.2 Å². The number of para-hydroxylation sites is 1. The molecule has 3 rings (SSSR count). The number of ether oxygens (including phenoxy) is 3. The number of carbonyl (C=O) groups excluding carboxylic acids is 2. The number of likely N-dealkylation sites (N-methyl/N-ethyl adjacent to an activating group) is 1. The van der Waals surface area contributed by atoms with E-state index in [0.717, 1.165) is 0 Å². The maximum atomic E-state index is 13.2. The molecule has 0 aliphatic carbocycles. The third-order valence-corrected chi connectivity index (χ3v) is 4.95. The van der Waals surface area contributed by atoms with Crippen LogP contribution in [0.5, 0.6) is 17.2 Å². The summed E-state index contributed by atoms with van der Waals surface area (Å²) in [5.74, 6) is 0.174. The molecule has 2 aromatic rings. The fraction of sp³-hybridized carbons (Fsp3) is 0.190. The minimum absolute atomic E-state index is 0.0459. The number of benzene rings is 2. The van der Waals surface area contributed by atoms with Crippen LogP contribution >= 0.6 is 12.2 Å². The lowest BCUT2D eigenvalue weighted by Gasteiger charge is -2.34. The molecule has 29 heavy (non-hydrogen) atoms. The van der Waals surface area contributed by atoms with E-state index in [4.69, 9.17) is 26.4 Å². The smallest absolute Gasteiger partial charge is 0.270 e. The predicted octanol–water partition coefficient (Wildman–Crippen LogP) is 2.89. The van der Waals surface area contributed by atoms with Crippen molar-refractivity contribution < 1.29 is 23.8 Å². The van der Waals surface area contributed by atoms with Crippen molar-refractivity contribution in [2.24, 2.45) is 0 Å². The molecule has 0 bridgehead atoms. The van der Waals surface area contributed by atoms with Crippen LogP contribution in [-0.4, -0.2) is 50.2 Å². The lowest BCUT2D eigenvalue weighted by molar-refractivity contribution is -0.127. The van der Waals surface area contributed by atoms with E-state index in [2.05, 4.69) is 0 Å². The van der Waals surface area contributed by atoms with Gasteiger partial charge in [-0.15, -0.1) is 0 Å². The van der Waals surface area contributed by atoms with Gasteiger partial charge in [0.05, 0.1) is 27.0 Å². The Kier molecular flexibility index (Phi) is 5.84. The van der Waals surface area contributed by atoms with Crippen molar-refractivity contribution in [2.75, 3.05) is 33.3 Å². The van der Waals surface area contributed by atoms with Crippen LogP contribution < -0.4 is 19.1 Å². The van der Waals surface area contributed by atoms with Gasteiger partial charge in [0.15, 0.2) is 16.6 Å². The zero-order valence-electron chi connectivity index (χ0n) is 16.5. The Morgan fingerprint density at radius 3 is 2.10 bits per heavy atom. The monoisotopic (exact) mass is 412 g/mol. The molecular weight excluding hydrogens is 392 g/mol. The summed E-state index contributed by atoms with van der Waals surface area (Å²) < 4.78 is 16.1. The zero-order chi connectivity index (χ0) is 21.1. The number of methoxy groups -OCH3 is 3. The second-order valence-corrected chi connectivity index (χ2v) is 6.47. The summed E-state index contributed by atoms with van der Waals surface area (Å²) in [6.07, 6.45) is 1.47. The van der Waals surface area contributed by atoms with E-state index in [9.17, 15) is 9.59 Å². The largest absolute Gasteiger partial charge is 0.493 e. The first kappa shape index (κ1) is 20.3. The SMILES string of the molecule is COc1ccc(/C=C2\C(=O)N(C)C(=S)N(c3ccccc3)C2=O)c(OC)c1OC. The summed E-state index contributed by atoms with van der Waals surface area (Å²) in [7, 11) is 6.00. The molecule has 0 spiro atoms. The molecule has 0 N–H and O–H groups in total. The second kappa shape index (κ2) is 8.32. The van der Waals surface area contributed by atoms with Crippen LogP contribution in [0.1, 0.15) is 5.56 Å². The highest BCUT2D eigenvalue weighted by Crippen LogP contribution is 2.41. The number of rotatable bonds is 5. The first-order valence-corrected chi connectivity index (χ1v) is 9.07. The second-order valence-electron chi connectivity index (χ2n) is 6.10. The van der Waals surface area contributed by atoms with E-state index in [1.54, 1.807) is 36.4 Å². The van der Waals surface area contributed by atoms with Crippen LogP contribution in [0.2, 0.25) is 0 Å². The van der Waals surface area contributed by atoms with Crippen LogP contribution in [0.25, 0.3) is 6.08 Å². The number of thiocarbonyl (C=S) groups is 1. The summed E-state index contributed by atoms with van der Waals surface area (Å²) in [6.45, 7) is 0. The van der Waals surface area contributed by atoms with Crippen molar-refractivity contribution >= 4 is 40.9 Å². The normalized spacial score (nSPS) is 15.7. The van der Waals surface area contributed by atoms with Gasteiger partial charge in [-0.25, -0.2) is 0 Å². The standard InChI is InChI=1S/C21H20N2O5S/c1-22-19(24)15(20(25)23(21(22)29)14-8-6-5-7-9-14)12-13-10-11-16(26-2)18(28-4)17(13)27-3/h5-12H,1-4H3/b15-12+. The van der Waals surface area contributed by atoms with Crippen molar-refractivity contribution in [3.63, 3.8) is 0 Å². The highest BCUT2D eigenvalue weighted by molar-refractivity contribution is 7.80. The Balaban J connectivity index is 2.14. The topological polar surface area (TPSA) is 68.3 Å². The van der Waals surface area contributed by atoms with Crippen LogP contribution in [0.4, 0.5) is 5.69 Å². The summed E-state index contributed by atoms with van der Waals surface area (Å²) in [4.78, 5) is 28.6. The summed E-state index contributed by atoms with van der Waals surface area (Å²) in [5.41, 5.74) is 1.03. The molecule has 0 atom stereocenters. The first-order valence-electron chi connectivity index (χ1n) is 8.66. The number of anilines is 1. The molecule has 1 aliphatic rings. The average molecular weight is 412 g/mol. The molecule has 1 saturated heterocycles. The molecule has 0 saturated carbocycles. The van der Waals surface area contributed by atoms with Crippen LogP contribution in [0.15, 0.2) is 48.0 Å². The van der Waals surface area contributed by atoms with Crippen molar-refractivity contribution in [2.45, 2.75) is 0 Å². The minimum atomic E-state index is -0.513. The number of carbonyl (C=O) groups is 2. The Labute approximate surface area is 174 Å². The van der Waals surface area contributed by atoms with E-state index in [1.165, 1.54) is 44.3 Å². The number of hydrogen-bond acceptors (Lipinski definition) is 6. The van der Waals surface area contributed by atoms with E-state index >= 15 is 0 Å². The summed E-state index contributed by atoms with van der Waals surface area (Å²) in [6, 6.07) is 12.3. The summed E-state index contributed by atoms with van der Waals surface area (Å²) in [5, 5.41) is 0.114. The maximum absolute atomic E-state index is 13.2. The van der Waals surface area contributed by atoms with Crippen molar-refractivity contribution in [3.05, 3.63) is 53.6 Å². The molecule has 0 radical (unpaired) electrons. The van der Waals surface area contributed by atoms with Gasteiger partial charge in [0.2, 0.25) is 5.75 Å². The Morgan fingerprint density at radius 2 is 1.52 bits per heavy atom. The van der Waals surface area contributed by atoms with Gasteiger partial charge in [0.1, 0.15) is 5.57 Å². The fourth-order valence-electron chi connectivity index (χ4n) is 3.04. The number of nitrogens with zero attached hydrogens (tertiary/aromatic N) is 2. The molecule has 150 valence electrons. The van der Waals surface area contributed by atoms with Gasteiger partial charge in [0.25, 0.3) is 11.8 Å². The molecule has 2 amide bonds. The molecule has 2 aromatic carbocycles. The molecule has 7 nitrogen and oxygen atoms in total. The quantitative estimate of drug-likeness (QED) is 0.427. The molecule has 1 aliphatic heterocycles. The number of amides is 2. The molecule has 1 fully saturated rings. The lowest BCUT2D eigenvalue weighted by Crippen LogP contribution is -2.54. The zero-order valence-corrected chi connectivity index (χ0v) is 17.3. The van der Waals surface area contributed by atoms with E-state index in [1.807, 2.05) is 6.07 Å². The fourth-order valence-corrected chi connectivity index (χ4v) is 3.31. The van der Waals surface area contributed by atoms with Crippen LogP contribution in [0, 0.1) is 0 Å². The van der Waals surface area contributed by atoms with E-state index in [0.29, 0.717) is 28.5 Å². The van der Waals surface area contributed by atoms with Gasteiger partial charge in [-0.3, -0.25) is 19.4 Å². The van der Waals surface area contributed by atoms with Gasteiger partial charge in [-0.1, -0.05) is 18.2 Å². The van der Waals surface area contributed by atoms with E-state index < -0.39 is 11.8 Å². The third kappa shape index (κ3) is 3.54. The lowest BCUT2D eigenvalue weighted by atomic mass is 10.0. The highest BCUT2D eigenvalue weighted by Gasteiger charge is 2.38. The average Bonchev–Trinajstić information content (AvgIpc) is 2.75. The van der Waals surface area contributed by atoms with Gasteiger partial charge >= 0.3 is 0 Å². The van der Waals surface area contributed by atoms with Crippen molar-refractivity contribution in [1.82, 2.24) is 4.90 Å². The summed E-state index contributed by atoms with van der Waals surface area (Å²) >= 11 is 5.35. The van der Waals surface area contributed by atoms with Gasteiger partial charge in [0, 0.05) is 12.6 Å². The Morgan fingerprint density at radius 1 is 0.862 bits per heavy atom. The maximum Gasteiger partial charge on any atom is 0.270 e. The first-order chi connectivity index (χ1) is 13.9. The number of hydrogen-bond donors (Lipinski definition) is 0. The molecule has 1 heterocycles. The highest BCUT2D eigenvalue weighted by atomic mass is 32.1. The molecular formula is C21H20N2O5S. The molecule has 0 unspecified atom stereocenters. The van der Waals surface area contributed by atoms with Crippen LogP contribution in [0.3, 0.4) is 0 Å². The van der Waals surface area contributed by atoms with Gasteiger partial charge in [-0.05, 0) is 42.6 Å². The Hall–Kier alpha value is -3.39. The molecule has 8 heteroatoms.